The Morgan fingerprint density at radius 1 is 0.696 bits per heavy atom. The number of benzene rings is 2. The first-order valence-electron chi connectivity index (χ1n) is 43.0. The fourth-order valence-corrected chi connectivity index (χ4v) is 14.8. The van der Waals surface area contributed by atoms with Crippen LogP contribution in [-0.2, 0) is 88.4 Å². The van der Waals surface area contributed by atoms with Gasteiger partial charge in [0.2, 0.25) is 90.0 Å². The van der Waals surface area contributed by atoms with Crippen LogP contribution >= 0.6 is 0 Å². The number of guanidine groups is 1. The van der Waals surface area contributed by atoms with Crippen molar-refractivity contribution in [1.82, 2.24) is 88.4 Å². The van der Waals surface area contributed by atoms with Crippen LogP contribution in [0.15, 0.2) is 47.4 Å². The number of carbonyl (C=O) groups excluding carboxylic acids is 16. The minimum atomic E-state index is -2.26. The van der Waals surface area contributed by atoms with Crippen LogP contribution in [0.2, 0.25) is 0 Å². The highest BCUT2D eigenvalue weighted by molar-refractivity contribution is 6.02. The monoisotopic (exact) mass is 1900 g/mol. The van der Waals surface area contributed by atoms with Gasteiger partial charge in [-0.3, -0.25) is 97.9 Å². The van der Waals surface area contributed by atoms with E-state index in [1.54, 1.807) is 4.90 Å². The molecule has 6 heterocycles. The SMILES string of the molecule is CC(O)[C@@H]1NC(=O)[C@H](CCCN(O)C=O)NC(=O)[C@@H](NC(=O)[C@](C)(CCCN(O)C=O)NC(=O)[C@@H](CO)NC(=O)[C@H](CCCNC(=N)N)NC(=O)[C@@H](CO)NC(=O)[C@@H]2CCNc3c(NC(=O)CCC(=O)NCCNC(=O)CCC(=O)OCOC(=O)N4CCN(c5cc6nc7c(cc6cc5F)c(=O)c(C(=O)O)cn7C)CC4)cc4cc(O)c(O)cc4[n+]32)CCCCNC(=O)[C@@H](C(C)O)NC1=O. The summed E-state index contributed by atoms with van der Waals surface area (Å²) >= 11 is 0. The van der Waals surface area contributed by atoms with Gasteiger partial charge in [0.25, 0.3) is 11.7 Å². The van der Waals surface area contributed by atoms with Crippen molar-refractivity contribution in [2.45, 2.75) is 177 Å². The molecule has 3 aliphatic heterocycles. The Kier molecular flexibility index (Phi) is 39.0. The van der Waals surface area contributed by atoms with E-state index in [2.05, 4.69) is 79.4 Å². The predicted molar refractivity (Wildman–Crippen MR) is 467 cm³/mol. The quantitative estimate of drug-likeness (QED) is 0.00148. The third-order valence-electron chi connectivity index (χ3n) is 22.1. The number of aromatic nitrogens is 3. The maximum atomic E-state index is 15.5. The van der Waals surface area contributed by atoms with Gasteiger partial charge in [0.05, 0.1) is 55.0 Å². The average molecular weight is 1900 g/mol. The Morgan fingerprint density at radius 3 is 1.96 bits per heavy atom. The second-order valence-electron chi connectivity index (χ2n) is 32.3. The molecule has 0 saturated carbocycles. The van der Waals surface area contributed by atoms with E-state index in [9.17, 15) is 132 Å². The fraction of sp³-hybridized carbons (Fsp3) is 0.524. The van der Waals surface area contributed by atoms with Crippen molar-refractivity contribution in [3.63, 3.8) is 0 Å². The summed E-state index contributed by atoms with van der Waals surface area (Å²) in [6, 6.07) is -6.24. The number of amides is 15. The maximum absolute atomic E-state index is 15.5. The number of aromatic hydroxyl groups is 2. The average Bonchev–Trinajstić information content (AvgIpc) is 0.759. The highest BCUT2D eigenvalue weighted by Crippen LogP contribution is 2.36. The van der Waals surface area contributed by atoms with Crippen LogP contribution in [0.3, 0.4) is 0 Å². The van der Waals surface area contributed by atoms with Crippen LogP contribution in [-0.4, -0.2) is 330 Å². The molecule has 52 nitrogen and oxygen atoms in total. The molecule has 135 heavy (non-hydrogen) atoms. The van der Waals surface area contributed by atoms with Crippen molar-refractivity contribution in [2.24, 2.45) is 12.8 Å². The summed E-state index contributed by atoms with van der Waals surface area (Å²) in [5.41, 5.74) is 2.70. The Morgan fingerprint density at radius 2 is 1.31 bits per heavy atom. The lowest BCUT2D eigenvalue weighted by atomic mass is 9.92. The minimum absolute atomic E-state index is 0.00393. The number of phenolic OH excluding ortho intramolecular Hbond substituents is 2. The summed E-state index contributed by atoms with van der Waals surface area (Å²) in [7, 11) is 1.52. The lowest BCUT2D eigenvalue weighted by Gasteiger charge is -2.35. The largest absolute Gasteiger partial charge is 0.504 e. The number of hydrogen-bond donors (Lipinski definition) is 25. The van der Waals surface area contributed by atoms with Crippen LogP contribution in [0.5, 0.6) is 11.5 Å². The molecule has 2 saturated heterocycles. The molecule has 736 valence electrons. The van der Waals surface area contributed by atoms with E-state index < -0.39 is 248 Å². The Balaban J connectivity index is 0.850. The first-order chi connectivity index (χ1) is 64.1. The number of carbonyl (C=O) groups is 17. The molecule has 0 aliphatic carbocycles. The predicted octanol–water partition coefficient (Wildman–Crippen LogP) is -6.84. The molecule has 3 aromatic heterocycles. The molecule has 26 N–H and O–H groups in total. The number of carboxylic acids is 1. The highest BCUT2D eigenvalue weighted by Gasteiger charge is 2.43. The summed E-state index contributed by atoms with van der Waals surface area (Å²) in [4.78, 5) is 248. The van der Waals surface area contributed by atoms with Gasteiger partial charge < -0.3 is 134 Å². The number of aliphatic hydroxyl groups excluding tert-OH is 4. The van der Waals surface area contributed by atoms with Crippen LogP contribution in [0.25, 0.3) is 32.8 Å². The van der Waals surface area contributed by atoms with Crippen molar-refractivity contribution in [1.29, 1.82) is 5.41 Å². The number of aromatic carboxylic acids is 1. The first kappa shape index (κ1) is 106. The molecule has 0 spiro atoms. The van der Waals surface area contributed by atoms with E-state index in [0.29, 0.717) is 5.52 Å². The number of nitrogens with zero attached hydrogens (tertiary/aromatic N) is 7. The topological polar surface area (TPSA) is 761 Å². The number of hydrogen-bond acceptors (Lipinski definition) is 32. The lowest BCUT2D eigenvalue weighted by Crippen LogP contribution is -2.65. The number of aryl methyl sites for hydroxylation is 1. The van der Waals surface area contributed by atoms with E-state index in [-0.39, 0.29) is 191 Å². The van der Waals surface area contributed by atoms with Gasteiger partial charge >= 0.3 is 18.0 Å². The molecule has 5 aromatic rings. The van der Waals surface area contributed by atoms with Gasteiger partial charge in [-0.2, -0.15) is 0 Å². The number of piperazine rings is 1. The van der Waals surface area contributed by atoms with Gasteiger partial charge in [0.1, 0.15) is 76.1 Å². The number of carboxylic acid groups (broad SMARTS) is 1. The van der Waals surface area contributed by atoms with Crippen LogP contribution in [0.4, 0.5) is 26.4 Å². The summed E-state index contributed by atoms with van der Waals surface area (Å²) < 4.78 is 28.3. The van der Waals surface area contributed by atoms with Gasteiger partial charge in [0, 0.05) is 121 Å². The number of pyridine rings is 3. The summed E-state index contributed by atoms with van der Waals surface area (Å²) in [6.07, 6.45) is -6.66. The number of esters is 1. The van der Waals surface area contributed by atoms with Gasteiger partial charge in [0.15, 0.2) is 23.5 Å². The first-order valence-corrected chi connectivity index (χ1v) is 43.0. The van der Waals surface area contributed by atoms with Crippen LogP contribution in [0, 0.1) is 11.2 Å². The molecule has 11 atom stereocenters. The molecular formula is C82H113FN23O29+. The fourth-order valence-electron chi connectivity index (χ4n) is 14.8. The van der Waals surface area contributed by atoms with Crippen molar-refractivity contribution in [2.75, 3.05) is 108 Å². The Bertz CT molecular complexity index is 5310. The molecular weight excluding hydrogens is 1790 g/mol. The zero-order chi connectivity index (χ0) is 99.2. The van der Waals surface area contributed by atoms with Gasteiger partial charge in [-0.05, 0) is 109 Å². The summed E-state index contributed by atoms with van der Waals surface area (Å²) in [5, 5.41) is 137. The molecule has 2 fully saturated rings. The normalized spacial score (nSPS) is 18.1. The van der Waals surface area contributed by atoms with E-state index >= 15 is 4.39 Å². The van der Waals surface area contributed by atoms with Gasteiger partial charge in [-0.1, -0.05) is 0 Å². The van der Waals surface area contributed by atoms with E-state index in [4.69, 9.17) is 20.6 Å². The molecule has 0 radical (unpaired) electrons. The second-order valence-corrected chi connectivity index (χ2v) is 32.3. The molecule has 2 aromatic carbocycles. The van der Waals surface area contributed by atoms with Crippen molar-refractivity contribution >= 4 is 158 Å². The third kappa shape index (κ3) is 29.7. The zero-order valence-corrected chi connectivity index (χ0v) is 74.0. The van der Waals surface area contributed by atoms with Crippen LogP contribution in [0.1, 0.15) is 127 Å². The number of fused-ring (bicyclic) bond motifs is 5. The van der Waals surface area contributed by atoms with Gasteiger partial charge in [-0.15, -0.1) is 0 Å². The van der Waals surface area contributed by atoms with E-state index in [1.165, 1.54) is 52.3 Å². The Hall–Kier alpha value is -14.6. The van der Waals surface area contributed by atoms with Crippen molar-refractivity contribution < 1.29 is 146 Å². The lowest BCUT2D eigenvalue weighted by molar-refractivity contribution is -0.674. The number of nitrogens with two attached hydrogens (primary N) is 1. The number of anilines is 3. The Labute approximate surface area is 767 Å². The molecule has 3 aliphatic rings. The van der Waals surface area contributed by atoms with Crippen molar-refractivity contribution in [3.8, 4) is 11.5 Å². The minimum Gasteiger partial charge on any atom is -0.504 e. The number of ether oxygens (including phenoxy) is 2. The summed E-state index contributed by atoms with van der Waals surface area (Å²) in [6.45, 7) is -0.715. The van der Waals surface area contributed by atoms with E-state index in [1.807, 2.05) is 0 Å². The smallest absolute Gasteiger partial charge is 0.412 e. The number of phenols is 2. The molecule has 2 unspecified atom stereocenters. The number of nitrogens with one attached hydrogen (secondary N) is 15. The van der Waals surface area contributed by atoms with Crippen molar-refractivity contribution in [3.05, 3.63) is 64.2 Å². The standard InChI is InChI=1S/C82H112FN23O29/c1-42(111)65-76(126)89-19-6-5-10-51(71(121)93-50(12-8-24-104(132)39-109)72(122)98-66(43(2)112)77(127)99-65)97-79(130)82(3,18-9-25-105(133)40-110)100-74(124)55(38-108)95-70(120)49(11-7-20-90-80(84)85)94-73(123)54(37-107)96-75(125)56-17-21-88-69-53(32-45-33-59(113)60(114)35-57(45)106(56)69)91-63(117)14-13-61(115)86-22-23-87-62(116)15-16-64(118)134-41-135-81(131)103-28-26-102(27-29-103)58-34-52-44(31-48(58)83)30-46-67(119)47(78(128)129)36-101(4)68(46)92-52/h30-36,39-40,42-43,49-51,54-56,65-66,107-108,111-112,132-133H,5-29,37-38,41H2,1-4H3,(H19,84,85,86,87,88,89,90,91,93,94,95,96,97,98,99,100,113,114,115,116,117,120,121,122,123,124,125,126,127,128,129,130)/p+1/t42?,43?,49-,50-,51-,54+,55+,56-,65+,66-,82-/m0/s1. The number of halogens is 1. The maximum Gasteiger partial charge on any atom is 0.412 e. The van der Waals surface area contributed by atoms with Crippen LogP contribution < -0.4 is 95.1 Å². The third-order valence-corrected chi connectivity index (χ3v) is 22.1. The van der Waals surface area contributed by atoms with E-state index in [0.717, 1.165) is 32.2 Å². The van der Waals surface area contributed by atoms with Gasteiger partial charge in [-0.25, -0.2) is 33.7 Å². The molecule has 15 amide bonds. The number of rotatable bonds is 42. The molecule has 0 bridgehead atoms. The number of hydroxylamine groups is 4. The molecule has 53 heteroatoms. The highest BCUT2D eigenvalue weighted by atomic mass is 19.1. The summed E-state index contributed by atoms with van der Waals surface area (Å²) in [5.74, 6) is -16.9. The zero-order valence-electron chi connectivity index (χ0n) is 74.0. The number of aliphatic hydroxyl groups is 4. The molecule has 8 rings (SSSR count). The second kappa shape index (κ2) is 49.8.